The molecule has 0 aliphatic carbocycles. The van der Waals surface area contributed by atoms with Crippen LogP contribution in [0.4, 0.5) is 0 Å². The molecule has 35 heavy (non-hydrogen) atoms. The molecule has 5 rings (SSSR count). The minimum absolute atomic E-state index is 0.210. The maximum absolute atomic E-state index is 13.0. The average Bonchev–Trinajstić information content (AvgIpc) is 3.43. The molecule has 0 aliphatic rings. The summed E-state index contributed by atoms with van der Waals surface area (Å²) < 4.78 is 18.8. The van der Waals surface area contributed by atoms with Crippen LogP contribution in [-0.2, 0) is 6.61 Å². The van der Waals surface area contributed by atoms with Crippen LogP contribution in [0.5, 0.6) is 17.2 Å². The normalized spacial score (nSPS) is 11.7. The van der Waals surface area contributed by atoms with E-state index in [0.29, 0.717) is 40.0 Å². The number of benzene rings is 3. The minimum Gasteiger partial charge on any atom is -0.494 e. The fraction of sp³-hybridized carbons (Fsp3) is 0.148. The van der Waals surface area contributed by atoms with Gasteiger partial charge in [-0.25, -0.2) is 0 Å². The quantitative estimate of drug-likeness (QED) is 0.325. The molecule has 0 spiro atoms. The summed E-state index contributed by atoms with van der Waals surface area (Å²) in [5, 5.41) is 4.42. The van der Waals surface area contributed by atoms with Gasteiger partial charge in [0.2, 0.25) is 4.96 Å². The first kappa shape index (κ1) is 22.6. The zero-order valence-corrected chi connectivity index (χ0v) is 20.1. The van der Waals surface area contributed by atoms with Gasteiger partial charge in [0.1, 0.15) is 12.4 Å². The van der Waals surface area contributed by atoms with Crippen LogP contribution >= 0.6 is 11.3 Å². The maximum Gasteiger partial charge on any atom is 0.291 e. The molecule has 0 radical (unpaired) electrons. The summed E-state index contributed by atoms with van der Waals surface area (Å²) in [7, 11) is 1.60. The van der Waals surface area contributed by atoms with Crippen LogP contribution < -0.4 is 24.3 Å². The van der Waals surface area contributed by atoms with Crippen LogP contribution in [0.15, 0.2) is 77.6 Å². The van der Waals surface area contributed by atoms with Crippen molar-refractivity contribution in [3.63, 3.8) is 0 Å². The number of fused-ring (bicyclic) bond motifs is 1. The van der Waals surface area contributed by atoms with Crippen molar-refractivity contribution in [3.8, 4) is 28.6 Å². The predicted molar refractivity (Wildman–Crippen MR) is 136 cm³/mol. The molecule has 0 aliphatic heterocycles. The van der Waals surface area contributed by atoms with Crippen molar-refractivity contribution in [1.29, 1.82) is 0 Å². The first-order valence-electron chi connectivity index (χ1n) is 11.1. The monoisotopic (exact) mass is 485 g/mol. The van der Waals surface area contributed by atoms with Gasteiger partial charge in [0, 0.05) is 5.56 Å². The fourth-order valence-electron chi connectivity index (χ4n) is 3.60. The van der Waals surface area contributed by atoms with E-state index in [-0.39, 0.29) is 5.56 Å². The Bertz CT molecular complexity index is 1560. The molecule has 2 aromatic heterocycles. The average molecular weight is 486 g/mol. The van der Waals surface area contributed by atoms with Gasteiger partial charge in [-0.05, 0) is 60.5 Å². The molecule has 2 heterocycles. The van der Waals surface area contributed by atoms with Gasteiger partial charge in [0.25, 0.3) is 5.56 Å². The SMILES string of the molecule is CCOc1ccc(-c2nc3s/c(=C\c4ccc(OCc5ccccc5)c(OC)c4)c(=O)n3n2)cc1. The van der Waals surface area contributed by atoms with E-state index in [0.717, 1.165) is 22.4 Å². The Morgan fingerprint density at radius 1 is 0.971 bits per heavy atom. The molecular weight excluding hydrogens is 462 g/mol. The summed E-state index contributed by atoms with van der Waals surface area (Å²) in [5.74, 6) is 2.52. The van der Waals surface area contributed by atoms with Crippen molar-refractivity contribution < 1.29 is 14.2 Å². The molecule has 0 atom stereocenters. The topological polar surface area (TPSA) is 75.0 Å². The third kappa shape index (κ3) is 4.88. The van der Waals surface area contributed by atoms with Crippen LogP contribution in [0.25, 0.3) is 22.4 Å². The number of thiazole rings is 1. The second-order valence-electron chi connectivity index (χ2n) is 7.69. The Morgan fingerprint density at radius 3 is 2.49 bits per heavy atom. The summed E-state index contributed by atoms with van der Waals surface area (Å²) in [6.07, 6.45) is 1.81. The number of rotatable bonds is 8. The molecule has 0 saturated carbocycles. The highest BCUT2D eigenvalue weighted by atomic mass is 32.1. The van der Waals surface area contributed by atoms with Gasteiger partial charge >= 0.3 is 0 Å². The number of ether oxygens (including phenoxy) is 3. The Morgan fingerprint density at radius 2 is 1.77 bits per heavy atom. The van der Waals surface area contributed by atoms with Crippen molar-refractivity contribution in [3.05, 3.63) is 98.8 Å². The number of aromatic nitrogens is 3. The van der Waals surface area contributed by atoms with Gasteiger partial charge < -0.3 is 14.2 Å². The second kappa shape index (κ2) is 9.99. The van der Waals surface area contributed by atoms with Gasteiger partial charge in [-0.2, -0.15) is 9.50 Å². The first-order valence-corrected chi connectivity index (χ1v) is 12.0. The molecule has 0 N–H and O–H groups in total. The van der Waals surface area contributed by atoms with Gasteiger partial charge in [-0.15, -0.1) is 5.10 Å². The summed E-state index contributed by atoms with van der Waals surface area (Å²) in [4.78, 5) is 18.1. The van der Waals surface area contributed by atoms with Crippen LogP contribution in [0.3, 0.4) is 0 Å². The molecule has 0 amide bonds. The zero-order chi connectivity index (χ0) is 24.2. The minimum atomic E-state index is -0.210. The van der Waals surface area contributed by atoms with Crippen molar-refractivity contribution in [1.82, 2.24) is 14.6 Å². The van der Waals surface area contributed by atoms with Crippen molar-refractivity contribution in [2.75, 3.05) is 13.7 Å². The zero-order valence-electron chi connectivity index (χ0n) is 19.3. The van der Waals surface area contributed by atoms with Gasteiger partial charge in [0.05, 0.1) is 18.2 Å². The molecule has 7 nitrogen and oxygen atoms in total. The van der Waals surface area contributed by atoms with Crippen LogP contribution in [0.1, 0.15) is 18.1 Å². The van der Waals surface area contributed by atoms with Crippen molar-refractivity contribution >= 4 is 22.4 Å². The third-order valence-electron chi connectivity index (χ3n) is 5.33. The van der Waals surface area contributed by atoms with Crippen LogP contribution in [0, 0.1) is 0 Å². The molecule has 0 unspecified atom stereocenters. The number of methoxy groups -OCH3 is 1. The smallest absolute Gasteiger partial charge is 0.291 e. The number of nitrogens with zero attached hydrogens (tertiary/aromatic N) is 3. The summed E-state index contributed by atoms with van der Waals surface area (Å²) >= 11 is 1.30. The molecule has 5 aromatic rings. The molecule has 0 bridgehead atoms. The highest BCUT2D eigenvalue weighted by molar-refractivity contribution is 7.15. The van der Waals surface area contributed by atoms with E-state index >= 15 is 0 Å². The predicted octanol–water partition coefficient (Wildman–Crippen LogP) is 4.35. The first-order chi connectivity index (χ1) is 17.1. The van der Waals surface area contributed by atoms with Gasteiger partial charge in [-0.3, -0.25) is 4.79 Å². The Kier molecular flexibility index (Phi) is 6.45. The van der Waals surface area contributed by atoms with Gasteiger partial charge in [-0.1, -0.05) is 47.7 Å². The lowest BCUT2D eigenvalue weighted by Gasteiger charge is -2.11. The molecule has 8 heteroatoms. The number of hydrogen-bond acceptors (Lipinski definition) is 7. The highest BCUT2D eigenvalue weighted by Gasteiger charge is 2.13. The molecular formula is C27H23N3O4S. The molecule has 3 aromatic carbocycles. The lowest BCUT2D eigenvalue weighted by molar-refractivity contribution is 0.284. The maximum atomic E-state index is 13.0. The van der Waals surface area contributed by atoms with E-state index in [1.807, 2.05) is 85.8 Å². The standard InChI is InChI=1S/C27H23N3O4S/c1-3-33-21-12-10-20(11-13-21)25-28-27-30(29-25)26(31)24(35-27)16-19-9-14-22(23(15-19)32-2)34-17-18-7-5-4-6-8-18/h4-16H,3,17H2,1-2H3/b24-16-. The van der Waals surface area contributed by atoms with E-state index in [1.54, 1.807) is 7.11 Å². The summed E-state index contributed by atoms with van der Waals surface area (Å²) in [6.45, 7) is 2.98. The lowest BCUT2D eigenvalue weighted by Crippen LogP contribution is -2.23. The van der Waals surface area contributed by atoms with Crippen molar-refractivity contribution in [2.45, 2.75) is 13.5 Å². The molecule has 176 valence electrons. The van der Waals surface area contributed by atoms with E-state index in [9.17, 15) is 4.79 Å². The van der Waals surface area contributed by atoms with E-state index in [4.69, 9.17) is 14.2 Å². The van der Waals surface area contributed by atoms with Gasteiger partial charge in [0.15, 0.2) is 17.3 Å². The summed E-state index contributed by atoms with van der Waals surface area (Å²) in [6, 6.07) is 23.0. The lowest BCUT2D eigenvalue weighted by atomic mass is 10.2. The third-order valence-corrected chi connectivity index (χ3v) is 6.29. The van der Waals surface area contributed by atoms with E-state index < -0.39 is 0 Å². The largest absolute Gasteiger partial charge is 0.494 e. The molecule has 0 fully saturated rings. The van der Waals surface area contributed by atoms with Crippen LogP contribution in [0.2, 0.25) is 0 Å². The van der Waals surface area contributed by atoms with Crippen LogP contribution in [-0.4, -0.2) is 28.3 Å². The fourth-order valence-corrected chi connectivity index (χ4v) is 4.51. The Labute approximate surface area is 205 Å². The van der Waals surface area contributed by atoms with Crippen molar-refractivity contribution in [2.24, 2.45) is 0 Å². The number of hydrogen-bond donors (Lipinski definition) is 0. The molecule has 0 saturated heterocycles. The van der Waals surface area contributed by atoms with E-state index in [1.165, 1.54) is 15.9 Å². The highest BCUT2D eigenvalue weighted by Crippen LogP contribution is 2.29. The Balaban J connectivity index is 1.39. The summed E-state index contributed by atoms with van der Waals surface area (Å²) in [5.41, 5.74) is 2.51. The van der Waals surface area contributed by atoms with E-state index in [2.05, 4.69) is 10.1 Å². The Hall–Kier alpha value is -4.17. The second-order valence-corrected chi connectivity index (χ2v) is 8.70.